The second kappa shape index (κ2) is 5.44. The molecule has 2 aromatic heterocycles. The highest BCUT2D eigenvalue weighted by Crippen LogP contribution is 2.21. The van der Waals surface area contributed by atoms with Gasteiger partial charge in [0.25, 0.3) is 0 Å². The zero-order valence-corrected chi connectivity index (χ0v) is 12.5. The summed E-state index contributed by atoms with van der Waals surface area (Å²) >= 11 is 0. The van der Waals surface area contributed by atoms with Crippen LogP contribution in [0.5, 0.6) is 0 Å². The molecule has 0 saturated carbocycles. The van der Waals surface area contributed by atoms with Gasteiger partial charge >= 0.3 is 0 Å². The van der Waals surface area contributed by atoms with Gasteiger partial charge in [0.05, 0.1) is 6.20 Å². The number of anilines is 2. The number of aromatic nitrogens is 3. The molecule has 1 N–H and O–H groups in total. The molecular weight excluding hydrogens is 262 g/mol. The SMILES string of the molecule is CNc1cn2ccnc2c(N(C)Cc2ccccc2C)n1. The van der Waals surface area contributed by atoms with Crippen molar-refractivity contribution in [3.05, 3.63) is 54.0 Å². The number of nitrogens with one attached hydrogen (secondary N) is 1. The first kappa shape index (κ1) is 13.4. The molecule has 0 atom stereocenters. The van der Waals surface area contributed by atoms with Crippen molar-refractivity contribution >= 4 is 17.3 Å². The minimum atomic E-state index is 0.801. The van der Waals surface area contributed by atoms with E-state index < -0.39 is 0 Å². The smallest absolute Gasteiger partial charge is 0.180 e. The van der Waals surface area contributed by atoms with E-state index in [2.05, 4.69) is 51.4 Å². The first-order valence-corrected chi connectivity index (χ1v) is 6.96. The van der Waals surface area contributed by atoms with Gasteiger partial charge in [-0.3, -0.25) is 0 Å². The highest BCUT2D eigenvalue weighted by molar-refractivity contribution is 5.66. The summed E-state index contributed by atoms with van der Waals surface area (Å²) in [6, 6.07) is 8.41. The molecular formula is C16H19N5. The molecule has 0 spiro atoms. The number of aryl methyl sites for hydroxylation is 1. The molecule has 0 unspecified atom stereocenters. The van der Waals surface area contributed by atoms with Gasteiger partial charge in [-0.1, -0.05) is 24.3 Å². The van der Waals surface area contributed by atoms with E-state index >= 15 is 0 Å². The predicted molar refractivity (Wildman–Crippen MR) is 85.8 cm³/mol. The maximum atomic E-state index is 4.65. The first-order valence-electron chi connectivity index (χ1n) is 6.96. The largest absolute Gasteiger partial charge is 0.372 e. The zero-order valence-electron chi connectivity index (χ0n) is 12.5. The summed E-state index contributed by atoms with van der Waals surface area (Å²) in [5.74, 6) is 1.70. The molecule has 5 nitrogen and oxygen atoms in total. The van der Waals surface area contributed by atoms with Crippen molar-refractivity contribution in [3.8, 4) is 0 Å². The van der Waals surface area contributed by atoms with Crippen LogP contribution in [0.1, 0.15) is 11.1 Å². The molecule has 0 bridgehead atoms. The average Bonchev–Trinajstić information content (AvgIpc) is 2.96. The fraction of sp³-hybridized carbons (Fsp3) is 0.250. The number of nitrogens with zero attached hydrogens (tertiary/aromatic N) is 4. The number of hydrogen-bond donors (Lipinski definition) is 1. The molecule has 3 rings (SSSR count). The van der Waals surface area contributed by atoms with E-state index in [0.29, 0.717) is 0 Å². The Morgan fingerprint density at radius 2 is 2.10 bits per heavy atom. The standard InChI is InChI=1S/C16H19N5/c1-12-6-4-5-7-13(12)10-20(3)16-15-18-8-9-21(15)11-14(17-2)19-16/h4-9,11,17H,10H2,1-3H3. The summed E-state index contributed by atoms with van der Waals surface area (Å²) in [6.45, 7) is 2.93. The van der Waals surface area contributed by atoms with Crippen LogP contribution in [0.15, 0.2) is 42.9 Å². The molecule has 0 radical (unpaired) electrons. The van der Waals surface area contributed by atoms with E-state index in [1.807, 2.05) is 30.9 Å². The fourth-order valence-electron chi connectivity index (χ4n) is 2.41. The van der Waals surface area contributed by atoms with Crippen LogP contribution < -0.4 is 10.2 Å². The lowest BCUT2D eigenvalue weighted by atomic mass is 10.1. The number of hydrogen-bond acceptors (Lipinski definition) is 4. The Kier molecular flexibility index (Phi) is 3.48. The fourth-order valence-corrected chi connectivity index (χ4v) is 2.41. The molecule has 108 valence electrons. The van der Waals surface area contributed by atoms with Crippen molar-refractivity contribution in [2.24, 2.45) is 0 Å². The third-order valence-electron chi connectivity index (χ3n) is 3.64. The lowest BCUT2D eigenvalue weighted by Gasteiger charge is -2.20. The van der Waals surface area contributed by atoms with Crippen molar-refractivity contribution in [1.29, 1.82) is 0 Å². The molecule has 5 heteroatoms. The first-order chi connectivity index (χ1) is 10.2. The maximum Gasteiger partial charge on any atom is 0.180 e. The second-order valence-corrected chi connectivity index (χ2v) is 5.14. The van der Waals surface area contributed by atoms with Crippen molar-refractivity contribution < 1.29 is 0 Å². The van der Waals surface area contributed by atoms with Crippen LogP contribution in [-0.2, 0) is 6.54 Å². The van der Waals surface area contributed by atoms with Crippen molar-refractivity contribution in [2.75, 3.05) is 24.3 Å². The van der Waals surface area contributed by atoms with Gasteiger partial charge in [-0.25, -0.2) is 9.97 Å². The van der Waals surface area contributed by atoms with Gasteiger partial charge in [-0.15, -0.1) is 0 Å². The lowest BCUT2D eigenvalue weighted by Crippen LogP contribution is -2.20. The van der Waals surface area contributed by atoms with Crippen LogP contribution in [-0.4, -0.2) is 28.5 Å². The predicted octanol–water partition coefficient (Wildman–Crippen LogP) is 2.72. The van der Waals surface area contributed by atoms with E-state index in [0.717, 1.165) is 23.8 Å². The molecule has 0 aliphatic carbocycles. The normalized spacial score (nSPS) is 10.8. The summed E-state index contributed by atoms with van der Waals surface area (Å²) in [6.07, 6.45) is 5.66. The topological polar surface area (TPSA) is 45.5 Å². The van der Waals surface area contributed by atoms with Gasteiger partial charge < -0.3 is 14.6 Å². The van der Waals surface area contributed by atoms with Gasteiger partial charge in [0, 0.05) is 33.0 Å². The zero-order chi connectivity index (χ0) is 14.8. The van der Waals surface area contributed by atoms with E-state index in [4.69, 9.17) is 0 Å². The van der Waals surface area contributed by atoms with Crippen molar-refractivity contribution in [3.63, 3.8) is 0 Å². The highest BCUT2D eigenvalue weighted by atomic mass is 15.2. The molecule has 0 aliphatic rings. The van der Waals surface area contributed by atoms with Gasteiger partial charge in [0.1, 0.15) is 5.82 Å². The Labute approximate surface area is 124 Å². The van der Waals surface area contributed by atoms with Crippen molar-refractivity contribution in [2.45, 2.75) is 13.5 Å². The molecule has 3 aromatic rings. The molecule has 0 saturated heterocycles. The Morgan fingerprint density at radius 3 is 2.86 bits per heavy atom. The molecule has 0 aliphatic heterocycles. The van der Waals surface area contributed by atoms with E-state index in [1.165, 1.54) is 11.1 Å². The van der Waals surface area contributed by atoms with Gasteiger partial charge in [-0.2, -0.15) is 0 Å². The minimum Gasteiger partial charge on any atom is -0.372 e. The number of benzene rings is 1. The van der Waals surface area contributed by atoms with Crippen LogP contribution in [0.3, 0.4) is 0 Å². The molecule has 21 heavy (non-hydrogen) atoms. The highest BCUT2D eigenvalue weighted by Gasteiger charge is 2.12. The third kappa shape index (κ3) is 2.54. The van der Waals surface area contributed by atoms with Gasteiger partial charge in [-0.05, 0) is 18.1 Å². The quantitative estimate of drug-likeness (QED) is 0.798. The number of rotatable bonds is 4. The molecule has 0 amide bonds. The minimum absolute atomic E-state index is 0.801. The molecule has 0 fully saturated rings. The molecule has 1 aromatic carbocycles. The van der Waals surface area contributed by atoms with Gasteiger partial charge in [0.2, 0.25) is 0 Å². The van der Waals surface area contributed by atoms with Gasteiger partial charge in [0.15, 0.2) is 11.5 Å². The summed E-state index contributed by atoms with van der Waals surface area (Å²) in [5, 5.41) is 3.09. The maximum absolute atomic E-state index is 4.65. The lowest BCUT2D eigenvalue weighted by molar-refractivity contribution is 0.886. The van der Waals surface area contributed by atoms with Crippen LogP contribution in [0, 0.1) is 6.92 Å². The number of imidazole rings is 1. The summed E-state index contributed by atoms with van der Waals surface area (Å²) in [7, 11) is 3.92. The average molecular weight is 281 g/mol. The van der Waals surface area contributed by atoms with Crippen LogP contribution in [0.2, 0.25) is 0 Å². The van der Waals surface area contributed by atoms with Crippen LogP contribution >= 0.6 is 0 Å². The summed E-state index contributed by atoms with van der Waals surface area (Å²) < 4.78 is 1.99. The Morgan fingerprint density at radius 1 is 1.29 bits per heavy atom. The monoisotopic (exact) mass is 281 g/mol. The Hall–Kier alpha value is -2.56. The van der Waals surface area contributed by atoms with E-state index in [9.17, 15) is 0 Å². The Bertz CT molecular complexity index is 762. The number of fused-ring (bicyclic) bond motifs is 1. The van der Waals surface area contributed by atoms with Crippen molar-refractivity contribution in [1.82, 2.24) is 14.4 Å². The van der Waals surface area contributed by atoms with Crippen LogP contribution in [0.4, 0.5) is 11.6 Å². The Balaban J connectivity index is 1.99. The summed E-state index contributed by atoms with van der Waals surface area (Å²) in [5.41, 5.74) is 3.44. The molecule has 2 heterocycles. The van der Waals surface area contributed by atoms with E-state index in [-0.39, 0.29) is 0 Å². The third-order valence-corrected chi connectivity index (χ3v) is 3.64. The summed E-state index contributed by atoms with van der Waals surface area (Å²) in [4.78, 5) is 11.2. The van der Waals surface area contributed by atoms with E-state index in [1.54, 1.807) is 6.20 Å². The second-order valence-electron chi connectivity index (χ2n) is 5.14. The van der Waals surface area contributed by atoms with Crippen LogP contribution in [0.25, 0.3) is 5.65 Å².